The number of carbonyl (C=O) groups excluding carboxylic acids is 1. The van der Waals surface area contributed by atoms with Gasteiger partial charge in [-0.25, -0.2) is 0 Å². The lowest BCUT2D eigenvalue weighted by atomic mass is 10.2. The molecule has 1 amide bonds. The largest absolute Gasteiger partial charge is 0.482 e. The number of ether oxygens (including phenoxy) is 2. The fraction of sp³-hybridized carbons (Fsp3) is 0.500. The lowest BCUT2D eigenvalue weighted by Gasteiger charge is -2.21. The van der Waals surface area contributed by atoms with E-state index in [1.54, 1.807) is 30.1 Å². The Morgan fingerprint density at radius 2 is 2.30 bits per heavy atom. The van der Waals surface area contributed by atoms with Crippen molar-refractivity contribution in [2.24, 2.45) is 0 Å². The second-order valence-corrected chi connectivity index (χ2v) is 5.62. The Balaban J connectivity index is 1.81. The van der Waals surface area contributed by atoms with E-state index in [0.29, 0.717) is 22.3 Å². The Morgan fingerprint density at radius 3 is 2.95 bits per heavy atom. The second kappa shape index (κ2) is 7.16. The Morgan fingerprint density at radius 1 is 1.50 bits per heavy atom. The topological polar surface area (TPSA) is 38.8 Å². The number of hydrogen-bond acceptors (Lipinski definition) is 3. The van der Waals surface area contributed by atoms with E-state index in [0.717, 1.165) is 19.4 Å². The van der Waals surface area contributed by atoms with Crippen molar-refractivity contribution in [2.75, 3.05) is 26.8 Å². The SMILES string of the molecule is CN(C[C@@H]1CCCO1)C(=O)COc1ccc(Cl)cc1Cl. The standard InChI is InChI=1S/C14H17Cl2NO3/c1-17(8-11-3-2-6-19-11)14(18)9-20-13-5-4-10(15)7-12(13)16/h4-5,7,11H,2-3,6,8-9H2,1H3/t11-/m0/s1. The lowest BCUT2D eigenvalue weighted by molar-refractivity contribution is -0.133. The van der Waals surface area contributed by atoms with Gasteiger partial charge in [-0.2, -0.15) is 0 Å². The van der Waals surface area contributed by atoms with Crippen LogP contribution < -0.4 is 4.74 Å². The first-order chi connectivity index (χ1) is 9.56. The molecule has 1 atom stereocenters. The van der Waals surface area contributed by atoms with E-state index < -0.39 is 0 Å². The van der Waals surface area contributed by atoms with Crippen LogP contribution in [0.3, 0.4) is 0 Å². The third-order valence-electron chi connectivity index (χ3n) is 3.17. The van der Waals surface area contributed by atoms with Crippen LogP contribution in [0.1, 0.15) is 12.8 Å². The fourth-order valence-corrected chi connectivity index (χ4v) is 2.50. The number of rotatable bonds is 5. The molecule has 0 N–H and O–H groups in total. The number of amides is 1. The van der Waals surface area contributed by atoms with Gasteiger partial charge in [-0.05, 0) is 31.0 Å². The smallest absolute Gasteiger partial charge is 0.260 e. The van der Waals surface area contributed by atoms with Gasteiger partial charge in [0.15, 0.2) is 6.61 Å². The maximum atomic E-state index is 12.0. The summed E-state index contributed by atoms with van der Waals surface area (Å²) in [5.41, 5.74) is 0. The van der Waals surface area contributed by atoms with Gasteiger partial charge in [0.05, 0.1) is 11.1 Å². The van der Waals surface area contributed by atoms with Crippen LogP contribution in [0.15, 0.2) is 18.2 Å². The highest BCUT2D eigenvalue weighted by molar-refractivity contribution is 6.35. The monoisotopic (exact) mass is 317 g/mol. The fourth-order valence-electron chi connectivity index (χ4n) is 2.04. The van der Waals surface area contributed by atoms with Crippen LogP contribution in [0.4, 0.5) is 0 Å². The molecule has 0 aliphatic carbocycles. The summed E-state index contributed by atoms with van der Waals surface area (Å²) in [4.78, 5) is 13.6. The highest BCUT2D eigenvalue weighted by Gasteiger charge is 2.20. The molecule has 1 heterocycles. The minimum absolute atomic E-state index is 0.0510. The average molecular weight is 318 g/mol. The van der Waals surface area contributed by atoms with Crippen molar-refractivity contribution in [3.8, 4) is 5.75 Å². The quantitative estimate of drug-likeness (QED) is 0.838. The molecule has 0 saturated carbocycles. The third-order valence-corrected chi connectivity index (χ3v) is 3.70. The number of likely N-dealkylation sites (N-methyl/N-ethyl adjacent to an activating group) is 1. The molecule has 0 aromatic heterocycles. The van der Waals surface area contributed by atoms with E-state index >= 15 is 0 Å². The molecule has 2 rings (SSSR count). The number of halogens is 2. The van der Waals surface area contributed by atoms with Crippen molar-refractivity contribution < 1.29 is 14.3 Å². The zero-order chi connectivity index (χ0) is 14.5. The molecule has 0 spiro atoms. The van der Waals surface area contributed by atoms with Gasteiger partial charge in [-0.3, -0.25) is 4.79 Å². The molecule has 0 radical (unpaired) electrons. The summed E-state index contributed by atoms with van der Waals surface area (Å²) in [5.74, 6) is 0.349. The van der Waals surface area contributed by atoms with Crippen molar-refractivity contribution in [1.29, 1.82) is 0 Å². The van der Waals surface area contributed by atoms with Gasteiger partial charge in [0.25, 0.3) is 5.91 Å². The predicted molar refractivity (Wildman–Crippen MR) is 78.6 cm³/mol. The van der Waals surface area contributed by atoms with Crippen LogP contribution >= 0.6 is 23.2 Å². The lowest BCUT2D eigenvalue weighted by Crippen LogP contribution is -2.37. The molecule has 1 aliphatic heterocycles. The Hall–Kier alpha value is -0.970. The van der Waals surface area contributed by atoms with E-state index in [2.05, 4.69) is 0 Å². The zero-order valence-electron chi connectivity index (χ0n) is 11.3. The first-order valence-electron chi connectivity index (χ1n) is 6.49. The van der Waals surface area contributed by atoms with Crippen LogP contribution in [-0.4, -0.2) is 43.7 Å². The first-order valence-corrected chi connectivity index (χ1v) is 7.25. The highest BCUT2D eigenvalue weighted by Crippen LogP contribution is 2.27. The van der Waals surface area contributed by atoms with Crippen molar-refractivity contribution in [3.05, 3.63) is 28.2 Å². The van der Waals surface area contributed by atoms with Gasteiger partial charge in [-0.15, -0.1) is 0 Å². The van der Waals surface area contributed by atoms with Crippen molar-refractivity contribution in [2.45, 2.75) is 18.9 Å². The minimum Gasteiger partial charge on any atom is -0.482 e. The van der Waals surface area contributed by atoms with Gasteiger partial charge < -0.3 is 14.4 Å². The molecule has 0 bridgehead atoms. The number of benzene rings is 1. The molecule has 1 saturated heterocycles. The molecule has 110 valence electrons. The van der Waals surface area contributed by atoms with Crippen LogP contribution in [0.2, 0.25) is 10.0 Å². The van der Waals surface area contributed by atoms with Gasteiger partial charge in [0.1, 0.15) is 5.75 Å². The molecule has 4 nitrogen and oxygen atoms in total. The van der Waals surface area contributed by atoms with Gasteiger partial charge >= 0.3 is 0 Å². The van der Waals surface area contributed by atoms with Crippen molar-refractivity contribution in [3.63, 3.8) is 0 Å². The van der Waals surface area contributed by atoms with E-state index in [9.17, 15) is 4.79 Å². The molecule has 1 aromatic carbocycles. The molecule has 1 fully saturated rings. The van der Waals surface area contributed by atoms with E-state index in [1.165, 1.54) is 0 Å². The summed E-state index contributed by atoms with van der Waals surface area (Å²) < 4.78 is 10.9. The molecule has 6 heteroatoms. The number of carbonyl (C=O) groups is 1. The molecular formula is C14H17Cl2NO3. The summed E-state index contributed by atoms with van der Waals surface area (Å²) in [6.07, 6.45) is 2.20. The molecule has 20 heavy (non-hydrogen) atoms. The number of nitrogens with zero attached hydrogens (tertiary/aromatic N) is 1. The Bertz CT molecular complexity index is 475. The van der Waals surface area contributed by atoms with Crippen LogP contribution in [0.25, 0.3) is 0 Å². The summed E-state index contributed by atoms with van der Waals surface area (Å²) in [6.45, 7) is 1.32. The van der Waals surface area contributed by atoms with Crippen molar-refractivity contribution in [1.82, 2.24) is 4.90 Å². The van der Waals surface area contributed by atoms with Crippen LogP contribution in [0.5, 0.6) is 5.75 Å². The van der Waals surface area contributed by atoms with E-state index in [4.69, 9.17) is 32.7 Å². The maximum Gasteiger partial charge on any atom is 0.260 e. The van der Waals surface area contributed by atoms with Crippen LogP contribution in [0, 0.1) is 0 Å². The van der Waals surface area contributed by atoms with Crippen molar-refractivity contribution >= 4 is 29.1 Å². The minimum atomic E-state index is -0.105. The summed E-state index contributed by atoms with van der Waals surface area (Å²) >= 11 is 11.8. The highest BCUT2D eigenvalue weighted by atomic mass is 35.5. The maximum absolute atomic E-state index is 12.0. The second-order valence-electron chi connectivity index (χ2n) is 4.77. The molecule has 0 unspecified atom stereocenters. The zero-order valence-corrected chi connectivity index (χ0v) is 12.8. The third kappa shape index (κ3) is 4.27. The van der Waals surface area contributed by atoms with E-state index in [-0.39, 0.29) is 18.6 Å². The average Bonchev–Trinajstić information content (AvgIpc) is 2.90. The Kier molecular flexibility index (Phi) is 5.52. The molecule has 1 aliphatic rings. The summed E-state index contributed by atoms with van der Waals surface area (Å²) in [7, 11) is 1.75. The van der Waals surface area contributed by atoms with E-state index in [1.807, 2.05) is 0 Å². The van der Waals surface area contributed by atoms with Crippen LogP contribution in [-0.2, 0) is 9.53 Å². The first kappa shape index (κ1) is 15.4. The number of hydrogen-bond donors (Lipinski definition) is 0. The molecular weight excluding hydrogens is 301 g/mol. The van der Waals surface area contributed by atoms with Gasteiger partial charge in [-0.1, -0.05) is 23.2 Å². The Labute approximate surface area is 128 Å². The summed E-state index contributed by atoms with van der Waals surface area (Å²) in [6, 6.07) is 4.90. The predicted octanol–water partition coefficient (Wildman–Crippen LogP) is 3.01. The normalized spacial score (nSPS) is 18.1. The molecule has 1 aromatic rings. The van der Waals surface area contributed by atoms with Gasteiger partial charge in [0.2, 0.25) is 0 Å². The van der Waals surface area contributed by atoms with Gasteiger partial charge in [0, 0.05) is 25.2 Å². The summed E-state index contributed by atoms with van der Waals surface area (Å²) in [5, 5.41) is 0.927.